The first-order valence-corrected chi connectivity index (χ1v) is 6.25. The molecular formula is C13H17Cl2NO. The molecule has 0 saturated carbocycles. The van der Waals surface area contributed by atoms with E-state index in [1.54, 1.807) is 6.07 Å². The Balaban J connectivity index is 2.83. The summed E-state index contributed by atoms with van der Waals surface area (Å²) in [4.78, 5) is 0. The monoisotopic (exact) mass is 273 g/mol. The lowest BCUT2D eigenvalue weighted by molar-refractivity contribution is 0.318. The largest absolute Gasteiger partial charge is 0.491 e. The molecule has 1 aromatic rings. The van der Waals surface area contributed by atoms with E-state index < -0.39 is 0 Å². The number of rotatable bonds is 6. The zero-order valence-corrected chi connectivity index (χ0v) is 11.4. The van der Waals surface area contributed by atoms with Crippen LogP contribution in [-0.2, 0) is 6.42 Å². The van der Waals surface area contributed by atoms with Crippen molar-refractivity contribution in [1.82, 2.24) is 0 Å². The van der Waals surface area contributed by atoms with Crippen LogP contribution in [0.2, 0.25) is 10.0 Å². The highest BCUT2D eigenvalue weighted by Gasteiger charge is 2.10. The molecule has 0 aliphatic carbocycles. The molecule has 0 heterocycles. The van der Waals surface area contributed by atoms with Gasteiger partial charge in [-0.2, -0.15) is 0 Å². The van der Waals surface area contributed by atoms with Crippen LogP contribution in [0.4, 0.5) is 0 Å². The van der Waals surface area contributed by atoms with Crippen LogP contribution in [0, 0.1) is 0 Å². The van der Waals surface area contributed by atoms with Crippen LogP contribution in [0.1, 0.15) is 18.9 Å². The Morgan fingerprint density at radius 3 is 2.71 bits per heavy atom. The normalized spacial score (nSPS) is 10.4. The topological polar surface area (TPSA) is 35.2 Å². The van der Waals surface area contributed by atoms with Crippen LogP contribution in [0.3, 0.4) is 0 Å². The minimum atomic E-state index is 0.530. The van der Waals surface area contributed by atoms with Crippen molar-refractivity contribution in [2.75, 3.05) is 13.2 Å². The van der Waals surface area contributed by atoms with Gasteiger partial charge in [0.2, 0.25) is 0 Å². The first kappa shape index (κ1) is 14.4. The van der Waals surface area contributed by atoms with Crippen molar-refractivity contribution in [3.05, 3.63) is 39.9 Å². The van der Waals surface area contributed by atoms with E-state index >= 15 is 0 Å². The molecule has 94 valence electrons. The third-order valence-electron chi connectivity index (χ3n) is 2.27. The van der Waals surface area contributed by atoms with E-state index in [9.17, 15) is 0 Å². The molecule has 1 rings (SSSR count). The van der Waals surface area contributed by atoms with E-state index in [4.69, 9.17) is 33.7 Å². The number of nitrogens with two attached hydrogens (primary N) is 1. The second kappa shape index (κ2) is 6.90. The highest BCUT2D eigenvalue weighted by Crippen LogP contribution is 2.32. The van der Waals surface area contributed by atoms with Gasteiger partial charge < -0.3 is 10.5 Å². The second-order valence-electron chi connectivity index (χ2n) is 3.97. The molecule has 0 saturated heterocycles. The van der Waals surface area contributed by atoms with E-state index in [0.717, 1.165) is 17.6 Å². The highest BCUT2D eigenvalue weighted by atomic mass is 35.5. The van der Waals surface area contributed by atoms with E-state index in [2.05, 4.69) is 6.58 Å². The lowest BCUT2D eigenvalue weighted by Crippen LogP contribution is -2.07. The SMILES string of the molecule is C=C(C)CCOc1c(Cl)cc(Cl)cc1CCN. The van der Waals surface area contributed by atoms with E-state index in [-0.39, 0.29) is 0 Å². The molecule has 0 aliphatic heterocycles. The summed E-state index contributed by atoms with van der Waals surface area (Å²) < 4.78 is 5.68. The fourth-order valence-electron chi connectivity index (χ4n) is 1.44. The summed E-state index contributed by atoms with van der Waals surface area (Å²) in [6, 6.07) is 3.52. The van der Waals surface area contributed by atoms with Crippen molar-refractivity contribution in [3.63, 3.8) is 0 Å². The Morgan fingerprint density at radius 1 is 1.41 bits per heavy atom. The molecule has 17 heavy (non-hydrogen) atoms. The average Bonchev–Trinajstić information content (AvgIpc) is 2.21. The van der Waals surface area contributed by atoms with Crippen LogP contribution < -0.4 is 10.5 Å². The zero-order chi connectivity index (χ0) is 12.8. The average molecular weight is 274 g/mol. The first-order chi connectivity index (χ1) is 8.04. The molecule has 0 aliphatic rings. The van der Waals surface area contributed by atoms with Gasteiger partial charge in [0.25, 0.3) is 0 Å². The van der Waals surface area contributed by atoms with Crippen LogP contribution in [0.15, 0.2) is 24.3 Å². The Hall–Kier alpha value is -0.700. The Bertz CT molecular complexity index is 405. The number of hydrogen-bond donors (Lipinski definition) is 1. The molecule has 4 heteroatoms. The molecule has 2 nitrogen and oxygen atoms in total. The lowest BCUT2D eigenvalue weighted by Gasteiger charge is -2.13. The van der Waals surface area contributed by atoms with Crippen LogP contribution >= 0.6 is 23.2 Å². The van der Waals surface area contributed by atoms with Gasteiger partial charge in [0, 0.05) is 11.4 Å². The molecule has 2 N–H and O–H groups in total. The number of halogens is 2. The Labute approximate surface area is 112 Å². The van der Waals surface area contributed by atoms with Crippen molar-refractivity contribution in [1.29, 1.82) is 0 Å². The Morgan fingerprint density at radius 2 is 2.12 bits per heavy atom. The molecule has 0 unspecified atom stereocenters. The predicted octanol–water partition coefficient (Wildman–Crippen LogP) is 3.84. The lowest BCUT2D eigenvalue weighted by atomic mass is 10.1. The van der Waals surface area contributed by atoms with Gasteiger partial charge in [-0.15, -0.1) is 6.58 Å². The first-order valence-electron chi connectivity index (χ1n) is 5.49. The highest BCUT2D eigenvalue weighted by molar-refractivity contribution is 6.35. The molecular weight excluding hydrogens is 257 g/mol. The Kier molecular flexibility index (Phi) is 5.83. The quantitative estimate of drug-likeness (QED) is 0.800. The summed E-state index contributed by atoms with van der Waals surface area (Å²) in [7, 11) is 0. The molecule has 0 atom stereocenters. The van der Waals surface area contributed by atoms with Crippen molar-refractivity contribution >= 4 is 23.2 Å². The fraction of sp³-hybridized carbons (Fsp3) is 0.385. The van der Waals surface area contributed by atoms with Crippen molar-refractivity contribution in [2.24, 2.45) is 5.73 Å². The number of benzene rings is 1. The van der Waals surface area contributed by atoms with Gasteiger partial charge in [-0.1, -0.05) is 28.8 Å². The third kappa shape index (κ3) is 4.58. The van der Waals surface area contributed by atoms with Crippen molar-refractivity contribution < 1.29 is 4.74 Å². The number of ether oxygens (including phenoxy) is 1. The second-order valence-corrected chi connectivity index (χ2v) is 4.81. The predicted molar refractivity (Wildman–Crippen MR) is 74.1 cm³/mol. The molecule has 0 spiro atoms. The fourth-order valence-corrected chi connectivity index (χ4v) is 2.03. The van der Waals surface area contributed by atoms with Gasteiger partial charge in [0.05, 0.1) is 11.6 Å². The molecule has 1 aromatic carbocycles. The van der Waals surface area contributed by atoms with Crippen LogP contribution in [0.25, 0.3) is 0 Å². The summed E-state index contributed by atoms with van der Waals surface area (Å²) >= 11 is 12.1. The molecule has 0 aromatic heterocycles. The van der Waals surface area contributed by atoms with Gasteiger partial charge in [-0.25, -0.2) is 0 Å². The summed E-state index contributed by atoms with van der Waals surface area (Å²) in [6.45, 7) is 6.89. The van der Waals surface area contributed by atoms with Crippen molar-refractivity contribution in [3.8, 4) is 5.75 Å². The standard InChI is InChI=1S/C13H17Cl2NO/c1-9(2)4-6-17-13-10(3-5-16)7-11(14)8-12(13)15/h7-8H,1,3-6,16H2,2H3. The van der Waals surface area contributed by atoms with Crippen molar-refractivity contribution in [2.45, 2.75) is 19.8 Å². The maximum Gasteiger partial charge on any atom is 0.141 e. The summed E-state index contributed by atoms with van der Waals surface area (Å²) in [5.74, 6) is 0.683. The minimum absolute atomic E-state index is 0.530. The summed E-state index contributed by atoms with van der Waals surface area (Å²) in [5, 5.41) is 1.13. The van der Waals surface area contributed by atoms with Gasteiger partial charge in [-0.05, 0) is 37.6 Å². The van der Waals surface area contributed by atoms with Crippen LogP contribution in [0.5, 0.6) is 5.75 Å². The zero-order valence-electron chi connectivity index (χ0n) is 9.93. The summed E-state index contributed by atoms with van der Waals surface area (Å²) in [5.41, 5.74) is 7.58. The molecule has 0 radical (unpaired) electrons. The van der Waals surface area contributed by atoms with Gasteiger partial charge in [0.1, 0.15) is 5.75 Å². The molecule has 0 bridgehead atoms. The third-order valence-corrected chi connectivity index (χ3v) is 2.77. The molecule has 0 fully saturated rings. The van der Waals surface area contributed by atoms with Crippen LogP contribution in [-0.4, -0.2) is 13.2 Å². The van der Waals surface area contributed by atoms with E-state index in [1.807, 2.05) is 13.0 Å². The maximum absolute atomic E-state index is 6.11. The van der Waals surface area contributed by atoms with Gasteiger partial charge >= 0.3 is 0 Å². The molecule has 0 amide bonds. The summed E-state index contributed by atoms with van der Waals surface area (Å²) in [6.07, 6.45) is 1.50. The van der Waals surface area contributed by atoms with Gasteiger partial charge in [0.15, 0.2) is 0 Å². The maximum atomic E-state index is 6.11. The minimum Gasteiger partial charge on any atom is -0.491 e. The van der Waals surface area contributed by atoms with Gasteiger partial charge in [-0.3, -0.25) is 0 Å². The smallest absolute Gasteiger partial charge is 0.141 e. The van der Waals surface area contributed by atoms with E-state index in [1.165, 1.54) is 0 Å². The van der Waals surface area contributed by atoms with E-state index in [0.29, 0.717) is 35.4 Å². The number of hydrogen-bond acceptors (Lipinski definition) is 2.